The van der Waals surface area contributed by atoms with E-state index in [1.807, 2.05) is 54.6 Å². The van der Waals surface area contributed by atoms with Gasteiger partial charge >= 0.3 is 5.97 Å². The van der Waals surface area contributed by atoms with Gasteiger partial charge in [-0.3, -0.25) is 0 Å². The molecule has 0 heterocycles. The van der Waals surface area contributed by atoms with E-state index >= 15 is 0 Å². The smallest absolute Gasteiger partial charge is 0.373 e. The largest absolute Gasteiger partial charge is 0.489 e. The molecule has 0 N–H and O–H groups in total. The zero-order valence-electron chi connectivity index (χ0n) is 15.4. The summed E-state index contributed by atoms with van der Waals surface area (Å²) in [6.45, 7) is 5.19. The Kier molecular flexibility index (Phi) is 8.27. The topological polar surface area (TPSA) is 44.8 Å². The second kappa shape index (κ2) is 11.0. The molecule has 0 unspecified atom stereocenters. The first-order valence-corrected chi connectivity index (χ1v) is 9.01. The summed E-state index contributed by atoms with van der Waals surface area (Å²) in [5.41, 5.74) is 1.97. The van der Waals surface area contributed by atoms with Crippen LogP contribution in [-0.4, -0.2) is 19.2 Å². The van der Waals surface area contributed by atoms with Gasteiger partial charge in [-0.15, -0.1) is 0 Å². The number of esters is 1. The second-order valence-electron chi connectivity index (χ2n) is 5.77. The fourth-order valence-corrected chi connectivity index (χ4v) is 2.24. The standard InChI is InChI=1S/C22H26O4/c1-3-5-15-25-21(22(23)24-4-2)16-18-11-13-20(14-12-18)26-17-19-9-7-6-8-10-19/h6-14,16H,3-5,15,17H2,1-2H3. The first kappa shape index (κ1) is 19.6. The summed E-state index contributed by atoms with van der Waals surface area (Å²) in [7, 11) is 0. The first-order chi connectivity index (χ1) is 12.7. The normalized spacial score (nSPS) is 11.1. The molecule has 2 rings (SSSR count). The van der Waals surface area contributed by atoms with Crippen LogP contribution < -0.4 is 4.74 Å². The molecule has 0 aliphatic carbocycles. The Morgan fingerprint density at radius 2 is 1.69 bits per heavy atom. The van der Waals surface area contributed by atoms with Crippen LogP contribution in [0.15, 0.2) is 60.4 Å². The molecule has 0 aliphatic heterocycles. The van der Waals surface area contributed by atoms with Crippen LogP contribution in [0.3, 0.4) is 0 Å². The van der Waals surface area contributed by atoms with Crippen LogP contribution in [0.2, 0.25) is 0 Å². The lowest BCUT2D eigenvalue weighted by Gasteiger charge is -2.10. The Bertz CT molecular complexity index is 690. The molecular weight excluding hydrogens is 328 g/mol. The fraction of sp³-hybridized carbons (Fsp3) is 0.318. The van der Waals surface area contributed by atoms with E-state index in [2.05, 4.69) is 6.92 Å². The molecule has 138 valence electrons. The van der Waals surface area contributed by atoms with Gasteiger partial charge in [-0.25, -0.2) is 4.79 Å². The molecule has 0 aromatic heterocycles. The van der Waals surface area contributed by atoms with E-state index in [0.717, 1.165) is 29.7 Å². The molecule has 2 aromatic carbocycles. The summed E-state index contributed by atoms with van der Waals surface area (Å²) >= 11 is 0. The highest BCUT2D eigenvalue weighted by molar-refractivity contribution is 5.91. The average Bonchev–Trinajstić information content (AvgIpc) is 2.68. The third-order valence-electron chi connectivity index (χ3n) is 3.66. The SMILES string of the molecule is CCCCOC(=Cc1ccc(OCc2ccccc2)cc1)C(=O)OCC. The van der Waals surface area contributed by atoms with Crippen molar-refractivity contribution in [1.82, 2.24) is 0 Å². The lowest BCUT2D eigenvalue weighted by molar-refractivity contribution is -0.142. The first-order valence-electron chi connectivity index (χ1n) is 9.01. The molecule has 4 nitrogen and oxygen atoms in total. The highest BCUT2D eigenvalue weighted by atomic mass is 16.6. The van der Waals surface area contributed by atoms with Gasteiger partial charge in [0, 0.05) is 0 Å². The zero-order valence-corrected chi connectivity index (χ0v) is 15.4. The third kappa shape index (κ3) is 6.63. The second-order valence-corrected chi connectivity index (χ2v) is 5.77. The van der Waals surface area contributed by atoms with Gasteiger partial charge < -0.3 is 14.2 Å². The van der Waals surface area contributed by atoms with Gasteiger partial charge in [0.15, 0.2) is 0 Å². The molecule has 26 heavy (non-hydrogen) atoms. The summed E-state index contributed by atoms with van der Waals surface area (Å²) in [5.74, 6) is 0.571. The molecule has 4 heteroatoms. The van der Waals surface area contributed by atoms with Crippen molar-refractivity contribution in [1.29, 1.82) is 0 Å². The minimum atomic E-state index is -0.437. The van der Waals surface area contributed by atoms with Crippen molar-refractivity contribution in [3.63, 3.8) is 0 Å². The number of rotatable bonds is 10. The lowest BCUT2D eigenvalue weighted by atomic mass is 10.2. The van der Waals surface area contributed by atoms with Crippen molar-refractivity contribution < 1.29 is 19.0 Å². The summed E-state index contributed by atoms with van der Waals surface area (Å²) in [5, 5.41) is 0. The molecule has 0 saturated heterocycles. The summed E-state index contributed by atoms with van der Waals surface area (Å²) in [4.78, 5) is 12.0. The van der Waals surface area contributed by atoms with Crippen molar-refractivity contribution in [2.75, 3.05) is 13.2 Å². The number of carbonyl (C=O) groups is 1. The maximum atomic E-state index is 12.0. The maximum absolute atomic E-state index is 12.0. The molecule has 0 amide bonds. The van der Waals surface area contributed by atoms with Crippen LogP contribution in [0.5, 0.6) is 5.75 Å². The number of benzene rings is 2. The van der Waals surface area contributed by atoms with E-state index in [4.69, 9.17) is 14.2 Å². The molecule has 0 bridgehead atoms. The van der Waals surface area contributed by atoms with Crippen LogP contribution >= 0.6 is 0 Å². The van der Waals surface area contributed by atoms with E-state index in [1.54, 1.807) is 13.0 Å². The summed E-state index contributed by atoms with van der Waals surface area (Å²) in [6, 6.07) is 17.5. The molecule has 2 aromatic rings. The quantitative estimate of drug-likeness (QED) is 0.261. The molecule has 0 radical (unpaired) electrons. The van der Waals surface area contributed by atoms with Crippen molar-refractivity contribution in [2.45, 2.75) is 33.3 Å². The van der Waals surface area contributed by atoms with Gasteiger partial charge in [-0.1, -0.05) is 55.8 Å². The minimum Gasteiger partial charge on any atom is -0.489 e. The van der Waals surface area contributed by atoms with E-state index < -0.39 is 5.97 Å². The molecule has 0 aliphatic rings. The maximum Gasteiger partial charge on any atom is 0.373 e. The summed E-state index contributed by atoms with van der Waals surface area (Å²) < 4.78 is 16.4. The van der Waals surface area contributed by atoms with Crippen molar-refractivity contribution in [3.8, 4) is 5.75 Å². The Balaban J connectivity index is 2.00. The highest BCUT2D eigenvalue weighted by Crippen LogP contribution is 2.17. The summed E-state index contributed by atoms with van der Waals surface area (Å²) in [6.07, 6.45) is 3.60. The number of hydrogen-bond donors (Lipinski definition) is 0. The monoisotopic (exact) mass is 354 g/mol. The fourth-order valence-electron chi connectivity index (χ4n) is 2.24. The Morgan fingerprint density at radius 1 is 0.962 bits per heavy atom. The number of hydrogen-bond acceptors (Lipinski definition) is 4. The van der Waals surface area contributed by atoms with Crippen LogP contribution in [0.25, 0.3) is 6.08 Å². The van der Waals surface area contributed by atoms with Gasteiger partial charge in [-0.2, -0.15) is 0 Å². The van der Waals surface area contributed by atoms with E-state index in [9.17, 15) is 4.79 Å². The van der Waals surface area contributed by atoms with Crippen LogP contribution in [0.1, 0.15) is 37.8 Å². The van der Waals surface area contributed by atoms with Gasteiger partial charge in [0.1, 0.15) is 12.4 Å². The molecule has 0 spiro atoms. The van der Waals surface area contributed by atoms with E-state index in [-0.39, 0.29) is 5.76 Å². The van der Waals surface area contributed by atoms with Crippen LogP contribution in [0.4, 0.5) is 0 Å². The zero-order chi connectivity index (χ0) is 18.6. The van der Waals surface area contributed by atoms with Gasteiger partial charge in [-0.05, 0) is 42.7 Å². The Labute approximate surface area is 155 Å². The van der Waals surface area contributed by atoms with Gasteiger partial charge in [0.25, 0.3) is 0 Å². The van der Waals surface area contributed by atoms with Gasteiger partial charge in [0.05, 0.1) is 13.2 Å². The molecule has 0 fully saturated rings. The minimum absolute atomic E-state index is 0.234. The molecule has 0 atom stereocenters. The predicted octanol–water partition coefficient (Wildman–Crippen LogP) is 4.99. The number of carbonyl (C=O) groups excluding carboxylic acids is 1. The van der Waals surface area contributed by atoms with E-state index in [0.29, 0.717) is 19.8 Å². The predicted molar refractivity (Wildman–Crippen MR) is 103 cm³/mol. The van der Waals surface area contributed by atoms with Crippen molar-refractivity contribution in [2.24, 2.45) is 0 Å². The number of ether oxygens (including phenoxy) is 3. The van der Waals surface area contributed by atoms with Crippen LogP contribution in [-0.2, 0) is 20.9 Å². The number of unbranched alkanes of at least 4 members (excludes halogenated alkanes) is 1. The Morgan fingerprint density at radius 3 is 2.35 bits per heavy atom. The third-order valence-corrected chi connectivity index (χ3v) is 3.66. The van der Waals surface area contributed by atoms with Gasteiger partial charge in [0.2, 0.25) is 5.76 Å². The van der Waals surface area contributed by atoms with Crippen LogP contribution in [0, 0.1) is 0 Å². The highest BCUT2D eigenvalue weighted by Gasteiger charge is 2.12. The lowest BCUT2D eigenvalue weighted by Crippen LogP contribution is -2.11. The molecular formula is C22H26O4. The van der Waals surface area contributed by atoms with Crippen molar-refractivity contribution in [3.05, 3.63) is 71.5 Å². The van der Waals surface area contributed by atoms with Crippen molar-refractivity contribution >= 4 is 12.0 Å². The Hall–Kier alpha value is -2.75. The van der Waals surface area contributed by atoms with E-state index in [1.165, 1.54) is 0 Å². The molecule has 0 saturated carbocycles. The average molecular weight is 354 g/mol.